The van der Waals surface area contributed by atoms with Crippen LogP contribution in [-0.2, 0) is 20.6 Å². The molecule has 3 saturated heterocycles. The highest BCUT2D eigenvalue weighted by Crippen LogP contribution is 2.72. The van der Waals surface area contributed by atoms with Gasteiger partial charge >= 0.3 is 0 Å². The molecule has 19 heavy (non-hydrogen) atoms. The molecule has 1 aromatic rings. The maximum Gasteiger partial charge on any atom is 0.179 e. The van der Waals surface area contributed by atoms with Crippen LogP contribution in [0.25, 0.3) is 0 Å². The van der Waals surface area contributed by atoms with E-state index in [1.165, 1.54) is 12.0 Å². The van der Waals surface area contributed by atoms with Crippen molar-refractivity contribution in [3.8, 4) is 0 Å². The van der Waals surface area contributed by atoms with Crippen LogP contribution in [0.3, 0.4) is 0 Å². The molecule has 2 bridgehead atoms. The van der Waals surface area contributed by atoms with Gasteiger partial charge in [-0.3, -0.25) is 0 Å². The summed E-state index contributed by atoms with van der Waals surface area (Å²) in [6.07, 6.45) is 2.84. The highest BCUT2D eigenvalue weighted by atomic mass is 16.8. The van der Waals surface area contributed by atoms with E-state index in [2.05, 4.69) is 30.3 Å². The summed E-state index contributed by atoms with van der Waals surface area (Å²) in [6.45, 7) is 0. The van der Waals surface area contributed by atoms with E-state index < -0.39 is 0 Å². The first-order valence-corrected chi connectivity index (χ1v) is 7.41. The molecule has 0 aromatic heterocycles. The maximum atomic E-state index is 6.43. The van der Waals surface area contributed by atoms with Crippen molar-refractivity contribution >= 4 is 0 Å². The van der Waals surface area contributed by atoms with Crippen LogP contribution in [0.4, 0.5) is 0 Å². The molecular formula is C16H16O3. The molecule has 3 aliphatic heterocycles. The molecule has 3 nitrogen and oxygen atoms in total. The van der Waals surface area contributed by atoms with E-state index in [4.69, 9.17) is 14.2 Å². The molecule has 2 aliphatic carbocycles. The second kappa shape index (κ2) is 2.90. The highest BCUT2D eigenvalue weighted by Gasteiger charge is 2.80. The van der Waals surface area contributed by atoms with E-state index in [0.717, 1.165) is 6.42 Å². The number of hydrogen-bond acceptors (Lipinski definition) is 3. The Bertz CT molecular complexity index is 558. The van der Waals surface area contributed by atoms with Gasteiger partial charge in [0.25, 0.3) is 0 Å². The largest absolute Gasteiger partial charge is 0.346 e. The minimum Gasteiger partial charge on any atom is -0.346 e. The van der Waals surface area contributed by atoms with E-state index in [0.29, 0.717) is 35.9 Å². The lowest BCUT2D eigenvalue weighted by atomic mass is 9.77. The zero-order chi connectivity index (χ0) is 12.2. The fourth-order valence-corrected chi connectivity index (χ4v) is 5.72. The number of benzene rings is 1. The molecule has 5 fully saturated rings. The number of hydrogen-bond donors (Lipinski definition) is 0. The number of fused-ring (bicyclic) bond motifs is 1. The Hall–Kier alpha value is -0.900. The summed E-state index contributed by atoms with van der Waals surface area (Å²) in [5.41, 5.74) is 1.31. The van der Waals surface area contributed by atoms with E-state index in [1.54, 1.807) is 0 Å². The SMILES string of the molecule is c1ccc(C[C@@]23O[C@H]4O[C@H]5[C@H]6C[C@@H]([C@@H]5O2)[C@@H]3[C@@H]46)cc1. The van der Waals surface area contributed by atoms with Crippen LogP contribution in [0.5, 0.6) is 0 Å². The van der Waals surface area contributed by atoms with Gasteiger partial charge < -0.3 is 14.2 Å². The number of rotatable bonds is 2. The average molecular weight is 256 g/mol. The molecule has 0 N–H and O–H groups in total. The van der Waals surface area contributed by atoms with Gasteiger partial charge in [-0.25, -0.2) is 0 Å². The fourth-order valence-electron chi connectivity index (χ4n) is 5.72. The molecule has 3 heteroatoms. The third-order valence-electron chi connectivity index (χ3n) is 6.14. The zero-order valence-corrected chi connectivity index (χ0v) is 10.6. The molecule has 0 radical (unpaired) electrons. The second-order valence-corrected chi connectivity index (χ2v) is 6.81. The lowest BCUT2D eigenvalue weighted by molar-refractivity contribution is -0.237. The monoisotopic (exact) mass is 256 g/mol. The van der Waals surface area contributed by atoms with Crippen molar-refractivity contribution in [3.63, 3.8) is 0 Å². The Labute approximate surface area is 111 Å². The van der Waals surface area contributed by atoms with Crippen LogP contribution in [0.15, 0.2) is 30.3 Å². The first-order chi connectivity index (χ1) is 9.36. The summed E-state index contributed by atoms with van der Waals surface area (Å²) in [6, 6.07) is 10.6. The molecule has 6 rings (SSSR count). The highest BCUT2D eigenvalue weighted by molar-refractivity contribution is 5.26. The van der Waals surface area contributed by atoms with Crippen LogP contribution in [-0.4, -0.2) is 24.3 Å². The van der Waals surface area contributed by atoms with Crippen LogP contribution in [0.1, 0.15) is 12.0 Å². The fraction of sp³-hybridized carbons (Fsp3) is 0.625. The summed E-state index contributed by atoms with van der Waals surface area (Å²) in [5.74, 6) is 2.21. The minimum atomic E-state index is -0.383. The van der Waals surface area contributed by atoms with Gasteiger partial charge in [0, 0.05) is 18.3 Å². The lowest BCUT2D eigenvalue weighted by Crippen LogP contribution is -2.37. The molecular weight excluding hydrogens is 240 g/mol. The summed E-state index contributed by atoms with van der Waals surface area (Å²) >= 11 is 0. The molecule has 0 spiro atoms. The van der Waals surface area contributed by atoms with E-state index >= 15 is 0 Å². The molecule has 8 atom stereocenters. The summed E-state index contributed by atoms with van der Waals surface area (Å²) < 4.78 is 18.8. The van der Waals surface area contributed by atoms with Gasteiger partial charge in [0.05, 0.1) is 12.2 Å². The molecule has 98 valence electrons. The van der Waals surface area contributed by atoms with Gasteiger partial charge in [-0.2, -0.15) is 0 Å². The third-order valence-corrected chi connectivity index (χ3v) is 6.14. The summed E-state index contributed by atoms with van der Waals surface area (Å²) in [7, 11) is 0. The Kier molecular flexibility index (Phi) is 1.51. The van der Waals surface area contributed by atoms with Crippen LogP contribution < -0.4 is 0 Å². The molecule has 1 aromatic carbocycles. The van der Waals surface area contributed by atoms with Crippen molar-refractivity contribution in [2.75, 3.05) is 0 Å². The summed E-state index contributed by atoms with van der Waals surface area (Å²) in [5, 5.41) is 0. The average Bonchev–Trinajstić information content (AvgIpc) is 3.07. The van der Waals surface area contributed by atoms with Gasteiger partial charge in [0.1, 0.15) is 0 Å². The van der Waals surface area contributed by atoms with Crippen molar-refractivity contribution in [3.05, 3.63) is 35.9 Å². The van der Waals surface area contributed by atoms with Gasteiger partial charge in [-0.15, -0.1) is 0 Å². The first-order valence-electron chi connectivity index (χ1n) is 7.41. The normalized spacial score (nSPS) is 58.6. The van der Waals surface area contributed by atoms with E-state index in [-0.39, 0.29) is 12.1 Å². The topological polar surface area (TPSA) is 27.7 Å². The smallest absolute Gasteiger partial charge is 0.179 e. The Balaban J connectivity index is 1.46. The van der Waals surface area contributed by atoms with Crippen molar-refractivity contribution in [2.45, 2.75) is 37.1 Å². The zero-order valence-electron chi connectivity index (χ0n) is 10.6. The van der Waals surface area contributed by atoms with Crippen molar-refractivity contribution in [2.24, 2.45) is 23.7 Å². The van der Waals surface area contributed by atoms with Crippen molar-refractivity contribution in [1.29, 1.82) is 0 Å². The number of ether oxygens (including phenoxy) is 3. The quantitative estimate of drug-likeness (QED) is 0.809. The van der Waals surface area contributed by atoms with Gasteiger partial charge in [-0.1, -0.05) is 30.3 Å². The molecule has 2 saturated carbocycles. The van der Waals surface area contributed by atoms with E-state index in [9.17, 15) is 0 Å². The van der Waals surface area contributed by atoms with Crippen molar-refractivity contribution in [1.82, 2.24) is 0 Å². The minimum absolute atomic E-state index is 0.0150. The third kappa shape index (κ3) is 0.949. The van der Waals surface area contributed by atoms with Gasteiger partial charge in [0.15, 0.2) is 12.1 Å². The van der Waals surface area contributed by atoms with Crippen LogP contribution >= 0.6 is 0 Å². The first kappa shape index (κ1) is 9.92. The lowest BCUT2D eigenvalue weighted by Gasteiger charge is -2.28. The molecule has 3 heterocycles. The Morgan fingerprint density at radius 3 is 2.84 bits per heavy atom. The van der Waals surface area contributed by atoms with Gasteiger partial charge in [-0.05, 0) is 23.8 Å². The van der Waals surface area contributed by atoms with Crippen LogP contribution in [0, 0.1) is 23.7 Å². The predicted molar refractivity (Wildman–Crippen MR) is 66.1 cm³/mol. The summed E-state index contributed by atoms with van der Waals surface area (Å²) in [4.78, 5) is 0. The Morgan fingerprint density at radius 1 is 1.05 bits per heavy atom. The Morgan fingerprint density at radius 2 is 1.95 bits per heavy atom. The van der Waals surface area contributed by atoms with Crippen molar-refractivity contribution < 1.29 is 14.2 Å². The van der Waals surface area contributed by atoms with Crippen LogP contribution in [0.2, 0.25) is 0 Å². The predicted octanol–water partition coefficient (Wildman–Crippen LogP) is 1.96. The second-order valence-electron chi connectivity index (χ2n) is 6.81. The maximum absolute atomic E-state index is 6.43. The standard InChI is InChI=1S/C16H16O3/c1-2-4-8(5-3-1)7-16-12-10-6-9-11(12)15(19-16)17-13(9)14(10)18-16/h1-5,9-15H,6-7H2/t9-,10+,11-,12+,13-,14-,15+,16-/m0/s1. The molecule has 0 amide bonds. The van der Waals surface area contributed by atoms with Gasteiger partial charge in [0.2, 0.25) is 0 Å². The molecule has 5 aliphatic rings. The van der Waals surface area contributed by atoms with E-state index in [1.807, 2.05) is 0 Å². The molecule has 0 unspecified atom stereocenters.